The maximum Gasteiger partial charge on any atom is 0.198 e. The number of oxazole rings is 1. The molecule has 0 fully saturated rings. The van der Waals surface area contributed by atoms with Crippen LogP contribution in [-0.2, 0) is 22.7 Å². The van der Waals surface area contributed by atoms with Crippen molar-refractivity contribution in [3.8, 4) is 0 Å². The maximum absolute atomic E-state index is 6.07. The molecule has 4 aromatic rings. The van der Waals surface area contributed by atoms with Gasteiger partial charge in [0.1, 0.15) is 5.52 Å². The molecule has 4 heteroatoms. The summed E-state index contributed by atoms with van der Waals surface area (Å²) in [6.07, 6.45) is 0.914. The Bertz CT molecular complexity index is 1310. The summed E-state index contributed by atoms with van der Waals surface area (Å²) in [5.41, 5.74) is 7.00. The Kier molecular flexibility index (Phi) is 5.76. The zero-order valence-electron chi connectivity index (χ0n) is 21.9. The smallest absolute Gasteiger partial charge is 0.198 e. The van der Waals surface area contributed by atoms with E-state index in [1.54, 1.807) is 0 Å². The lowest BCUT2D eigenvalue weighted by molar-refractivity contribution is 0.496. The third kappa shape index (κ3) is 4.73. The Labute approximate surface area is 202 Å². The van der Waals surface area contributed by atoms with Gasteiger partial charge in [-0.25, -0.2) is 9.97 Å². The van der Waals surface area contributed by atoms with Crippen molar-refractivity contribution in [2.75, 3.05) is 0 Å². The molecule has 0 amide bonds. The van der Waals surface area contributed by atoms with Gasteiger partial charge in [0.25, 0.3) is 0 Å². The van der Waals surface area contributed by atoms with Crippen LogP contribution in [0.1, 0.15) is 103 Å². The molecule has 2 heterocycles. The van der Waals surface area contributed by atoms with Gasteiger partial charge in [-0.1, -0.05) is 81.4 Å². The van der Waals surface area contributed by atoms with E-state index in [1.807, 2.05) is 11.3 Å². The first-order valence-corrected chi connectivity index (χ1v) is 12.8. The van der Waals surface area contributed by atoms with Crippen LogP contribution in [0, 0.1) is 0 Å². The van der Waals surface area contributed by atoms with Crippen LogP contribution in [0.4, 0.5) is 0 Å². The van der Waals surface area contributed by atoms with Crippen molar-refractivity contribution in [1.82, 2.24) is 9.97 Å². The summed E-state index contributed by atoms with van der Waals surface area (Å²) in [6, 6.07) is 11.2. The molecule has 0 atom stereocenters. The first-order chi connectivity index (χ1) is 15.1. The van der Waals surface area contributed by atoms with Crippen LogP contribution in [0.3, 0.4) is 0 Å². The molecule has 4 rings (SSSR count). The van der Waals surface area contributed by atoms with Crippen LogP contribution in [0.2, 0.25) is 0 Å². The van der Waals surface area contributed by atoms with Crippen molar-refractivity contribution < 1.29 is 4.42 Å². The second kappa shape index (κ2) is 7.94. The molecule has 0 spiro atoms. The van der Waals surface area contributed by atoms with Crippen LogP contribution < -0.4 is 0 Å². The van der Waals surface area contributed by atoms with E-state index >= 15 is 0 Å². The van der Waals surface area contributed by atoms with Gasteiger partial charge in [-0.3, -0.25) is 0 Å². The van der Waals surface area contributed by atoms with Crippen molar-refractivity contribution in [3.63, 3.8) is 0 Å². The molecule has 0 N–H and O–H groups in total. The molecular formula is C29H38N2OS. The Morgan fingerprint density at radius 2 is 1.55 bits per heavy atom. The summed E-state index contributed by atoms with van der Waals surface area (Å²) in [7, 11) is 0. The summed E-state index contributed by atoms with van der Waals surface area (Å²) < 4.78 is 7.37. The van der Waals surface area contributed by atoms with Gasteiger partial charge < -0.3 is 4.42 Å². The normalized spacial score (nSPS) is 13.5. The molecule has 0 radical (unpaired) electrons. The number of nitrogens with zero attached hydrogens (tertiary/aromatic N) is 2. The SMILES string of the molecule is CC(C)c1nc2ccc(C(C)(C)Cc3cc(C(C)(C)C)cc4sc(C(C)(C)C)nc34)cc2o1. The predicted molar refractivity (Wildman–Crippen MR) is 142 cm³/mol. The number of rotatable bonds is 4. The first kappa shape index (κ1) is 23.9. The molecule has 0 aliphatic heterocycles. The maximum atomic E-state index is 6.07. The largest absolute Gasteiger partial charge is 0.440 e. The van der Waals surface area contributed by atoms with Crippen LogP contribution >= 0.6 is 11.3 Å². The average molecular weight is 463 g/mol. The van der Waals surface area contributed by atoms with Crippen molar-refractivity contribution in [2.45, 2.75) is 97.8 Å². The Morgan fingerprint density at radius 1 is 0.848 bits per heavy atom. The average Bonchev–Trinajstić information content (AvgIpc) is 3.30. The van der Waals surface area contributed by atoms with Crippen LogP contribution in [0.15, 0.2) is 34.7 Å². The minimum Gasteiger partial charge on any atom is -0.440 e. The predicted octanol–water partition coefficient (Wildman–Crippen LogP) is 8.68. The molecule has 33 heavy (non-hydrogen) atoms. The molecule has 2 aromatic carbocycles. The molecule has 2 aromatic heterocycles. The fourth-order valence-electron chi connectivity index (χ4n) is 4.18. The van der Waals surface area contributed by atoms with E-state index < -0.39 is 0 Å². The number of aromatic nitrogens is 2. The third-order valence-corrected chi connectivity index (χ3v) is 7.82. The summed E-state index contributed by atoms with van der Waals surface area (Å²) in [5, 5.41) is 1.20. The van der Waals surface area contributed by atoms with E-state index in [-0.39, 0.29) is 22.2 Å². The van der Waals surface area contributed by atoms with Gasteiger partial charge in [0.2, 0.25) is 0 Å². The van der Waals surface area contributed by atoms with E-state index in [2.05, 4.69) is 105 Å². The third-order valence-electron chi connectivity index (χ3n) is 6.39. The highest BCUT2D eigenvalue weighted by atomic mass is 32.1. The summed E-state index contributed by atoms with van der Waals surface area (Å²) in [5.74, 6) is 1.08. The van der Waals surface area contributed by atoms with E-state index in [0.717, 1.165) is 28.9 Å². The molecule has 0 aliphatic rings. The number of hydrogen-bond acceptors (Lipinski definition) is 4. The van der Waals surface area contributed by atoms with Crippen LogP contribution in [0.5, 0.6) is 0 Å². The Morgan fingerprint density at radius 3 is 2.15 bits per heavy atom. The molecule has 0 aliphatic carbocycles. The standard InChI is InChI=1S/C29H38N2OS/c1-17(2)25-30-21-12-11-19(14-22(21)32-25)29(9,10)16-18-13-20(27(3,4)5)15-23-24(18)31-26(33-23)28(6,7)8/h11-15,17H,16H2,1-10H3. The van der Waals surface area contributed by atoms with Crippen LogP contribution in [-0.4, -0.2) is 9.97 Å². The summed E-state index contributed by atoms with van der Waals surface area (Å²) >= 11 is 1.84. The Balaban J connectivity index is 1.80. The topological polar surface area (TPSA) is 38.9 Å². The molecule has 0 saturated heterocycles. The van der Waals surface area contributed by atoms with Crippen molar-refractivity contribution >= 4 is 32.7 Å². The highest BCUT2D eigenvalue weighted by Gasteiger charge is 2.28. The van der Waals surface area contributed by atoms with Gasteiger partial charge >= 0.3 is 0 Å². The molecular weight excluding hydrogens is 424 g/mol. The van der Waals surface area contributed by atoms with Gasteiger partial charge in [0, 0.05) is 11.3 Å². The molecule has 3 nitrogen and oxygen atoms in total. The van der Waals surface area contributed by atoms with Crippen molar-refractivity contribution in [1.29, 1.82) is 0 Å². The minimum absolute atomic E-state index is 0.0455. The lowest BCUT2D eigenvalue weighted by Crippen LogP contribution is -2.21. The van der Waals surface area contributed by atoms with Gasteiger partial charge in [0.15, 0.2) is 11.5 Å². The second-order valence-corrected chi connectivity index (χ2v) is 13.5. The fraction of sp³-hybridized carbons (Fsp3) is 0.517. The number of hydrogen-bond donors (Lipinski definition) is 0. The first-order valence-electron chi connectivity index (χ1n) is 12.0. The highest BCUT2D eigenvalue weighted by Crippen LogP contribution is 2.39. The molecule has 0 bridgehead atoms. The lowest BCUT2D eigenvalue weighted by atomic mass is 9.77. The number of thiazole rings is 1. The lowest BCUT2D eigenvalue weighted by Gasteiger charge is -2.27. The van der Waals surface area contributed by atoms with Gasteiger partial charge in [-0.05, 0) is 52.1 Å². The molecule has 0 unspecified atom stereocenters. The zero-order chi connectivity index (χ0) is 24.3. The van der Waals surface area contributed by atoms with Gasteiger partial charge in [0.05, 0.1) is 15.2 Å². The van der Waals surface area contributed by atoms with E-state index in [1.165, 1.54) is 26.4 Å². The van der Waals surface area contributed by atoms with Gasteiger partial charge in [-0.2, -0.15) is 0 Å². The van der Waals surface area contributed by atoms with E-state index in [9.17, 15) is 0 Å². The van der Waals surface area contributed by atoms with E-state index in [4.69, 9.17) is 9.40 Å². The minimum atomic E-state index is -0.0755. The van der Waals surface area contributed by atoms with E-state index in [0.29, 0.717) is 0 Å². The number of fused-ring (bicyclic) bond motifs is 2. The van der Waals surface area contributed by atoms with Crippen molar-refractivity contribution in [3.05, 3.63) is 57.9 Å². The zero-order valence-corrected chi connectivity index (χ0v) is 22.7. The molecule has 176 valence electrons. The fourth-order valence-corrected chi connectivity index (χ4v) is 5.29. The second-order valence-electron chi connectivity index (χ2n) is 12.5. The van der Waals surface area contributed by atoms with Crippen molar-refractivity contribution in [2.24, 2.45) is 0 Å². The monoisotopic (exact) mass is 462 g/mol. The Hall–Kier alpha value is -2.20. The molecule has 0 saturated carbocycles. The van der Waals surface area contributed by atoms with Crippen LogP contribution in [0.25, 0.3) is 21.3 Å². The number of benzene rings is 2. The summed E-state index contributed by atoms with van der Waals surface area (Å²) in [4.78, 5) is 9.80. The highest BCUT2D eigenvalue weighted by molar-refractivity contribution is 7.18. The quantitative estimate of drug-likeness (QED) is 0.304. The van der Waals surface area contributed by atoms with Gasteiger partial charge in [-0.15, -0.1) is 11.3 Å². The summed E-state index contributed by atoms with van der Waals surface area (Å²) in [6.45, 7) is 22.5.